The predicted octanol–water partition coefficient (Wildman–Crippen LogP) is 2.37. The van der Waals surface area contributed by atoms with Crippen molar-refractivity contribution in [2.45, 2.75) is 57.4 Å². The van der Waals surface area contributed by atoms with Crippen molar-refractivity contribution in [3.05, 3.63) is 29.3 Å². The van der Waals surface area contributed by atoms with E-state index >= 15 is 0 Å². The monoisotopic (exact) mass is 433 g/mol. The van der Waals surface area contributed by atoms with Gasteiger partial charge in [-0.25, -0.2) is 8.42 Å². The van der Waals surface area contributed by atoms with Crippen molar-refractivity contribution in [2.75, 3.05) is 39.3 Å². The molecule has 0 unspecified atom stereocenters. The van der Waals surface area contributed by atoms with Crippen LogP contribution in [0.15, 0.2) is 23.1 Å². The summed E-state index contributed by atoms with van der Waals surface area (Å²) in [6.07, 6.45) is 4.31. The molecule has 0 saturated carbocycles. The van der Waals surface area contributed by atoms with Gasteiger partial charge in [-0.1, -0.05) is 19.9 Å². The minimum absolute atomic E-state index is 0.184. The Balaban J connectivity index is 1.38. The van der Waals surface area contributed by atoms with E-state index in [4.69, 9.17) is 0 Å². The van der Waals surface area contributed by atoms with Crippen LogP contribution in [-0.2, 0) is 27.7 Å². The Bertz CT molecular complexity index is 883. The highest BCUT2D eigenvalue weighted by molar-refractivity contribution is 7.89. The summed E-state index contributed by atoms with van der Waals surface area (Å²) in [4.78, 5) is 17.6. The molecule has 2 saturated heterocycles. The lowest BCUT2D eigenvalue weighted by molar-refractivity contribution is -0.139. The highest BCUT2D eigenvalue weighted by Gasteiger charge is 2.35. The van der Waals surface area contributed by atoms with Crippen LogP contribution in [0.25, 0.3) is 0 Å². The lowest BCUT2D eigenvalue weighted by Crippen LogP contribution is -2.56. The Morgan fingerprint density at radius 2 is 1.63 bits per heavy atom. The van der Waals surface area contributed by atoms with Crippen molar-refractivity contribution in [1.82, 2.24) is 14.1 Å². The van der Waals surface area contributed by atoms with Gasteiger partial charge in [-0.2, -0.15) is 4.31 Å². The molecule has 0 spiro atoms. The Hall–Kier alpha value is -1.44. The molecule has 0 radical (unpaired) electrons. The average molecular weight is 434 g/mol. The highest BCUT2D eigenvalue weighted by Crippen LogP contribution is 2.27. The van der Waals surface area contributed by atoms with E-state index in [0.717, 1.165) is 32.4 Å². The zero-order valence-corrected chi connectivity index (χ0v) is 19.3. The molecule has 6 nitrogen and oxygen atoms in total. The summed E-state index contributed by atoms with van der Waals surface area (Å²) in [6, 6.07) is 5.41. The summed E-state index contributed by atoms with van der Waals surface area (Å²) < 4.78 is 27.9. The van der Waals surface area contributed by atoms with Gasteiger partial charge >= 0.3 is 0 Å². The zero-order valence-electron chi connectivity index (χ0n) is 18.5. The molecule has 1 aromatic rings. The second kappa shape index (κ2) is 8.60. The maximum Gasteiger partial charge on any atom is 0.243 e. The molecule has 2 fully saturated rings. The minimum Gasteiger partial charge on any atom is -0.341 e. The lowest BCUT2D eigenvalue weighted by Gasteiger charge is -2.41. The number of likely N-dealkylation sites (tertiary alicyclic amines) is 1. The fourth-order valence-electron chi connectivity index (χ4n) is 5.45. The largest absolute Gasteiger partial charge is 0.341 e. The Morgan fingerprint density at radius 3 is 2.30 bits per heavy atom. The molecule has 3 aliphatic rings. The fourth-order valence-corrected chi connectivity index (χ4v) is 6.93. The van der Waals surface area contributed by atoms with E-state index in [1.807, 2.05) is 24.0 Å². The van der Waals surface area contributed by atoms with Crippen LogP contribution >= 0.6 is 0 Å². The third kappa shape index (κ3) is 4.30. The van der Waals surface area contributed by atoms with Crippen molar-refractivity contribution in [1.29, 1.82) is 0 Å². The normalized spacial score (nSPS) is 27.1. The summed E-state index contributed by atoms with van der Waals surface area (Å²) >= 11 is 0. The van der Waals surface area contributed by atoms with Crippen LogP contribution in [0.3, 0.4) is 0 Å². The summed E-state index contributed by atoms with van der Waals surface area (Å²) in [5.74, 6) is 1.27. The van der Waals surface area contributed by atoms with Gasteiger partial charge in [-0.05, 0) is 67.7 Å². The van der Waals surface area contributed by atoms with Crippen LogP contribution in [-0.4, -0.2) is 73.7 Å². The number of benzene rings is 1. The van der Waals surface area contributed by atoms with Gasteiger partial charge in [0.2, 0.25) is 15.9 Å². The number of fused-ring (bicyclic) bond motifs is 1. The van der Waals surface area contributed by atoms with E-state index in [1.54, 1.807) is 10.4 Å². The molecule has 1 aromatic carbocycles. The smallest absolute Gasteiger partial charge is 0.243 e. The van der Waals surface area contributed by atoms with Gasteiger partial charge in [0, 0.05) is 39.3 Å². The van der Waals surface area contributed by atoms with E-state index in [1.165, 1.54) is 17.5 Å². The predicted molar refractivity (Wildman–Crippen MR) is 118 cm³/mol. The number of piperazine rings is 1. The van der Waals surface area contributed by atoms with Crippen LogP contribution in [0.4, 0.5) is 0 Å². The van der Waals surface area contributed by atoms with Crippen molar-refractivity contribution < 1.29 is 13.2 Å². The standard InChI is InChI=1S/C23H35N3O3S/c1-17-13-18(2)16-25(15-17)23(27)19(3)24-9-11-26(12-10-24)30(28,29)22-8-7-20-5-4-6-21(20)14-22/h7-8,14,17-19H,4-6,9-13,15-16H2,1-3H3/t17-,18+,19-/m1/s1. The van der Waals surface area contributed by atoms with E-state index in [0.29, 0.717) is 42.9 Å². The first-order valence-corrected chi connectivity index (χ1v) is 12.8. The number of rotatable bonds is 4. The molecule has 1 aliphatic carbocycles. The lowest BCUT2D eigenvalue weighted by atomic mass is 9.91. The fraction of sp³-hybridized carbons (Fsp3) is 0.696. The van der Waals surface area contributed by atoms with Gasteiger partial charge in [0.25, 0.3) is 0 Å². The molecule has 30 heavy (non-hydrogen) atoms. The number of carbonyl (C=O) groups excluding carboxylic acids is 1. The molecular weight excluding hydrogens is 398 g/mol. The van der Waals surface area contributed by atoms with Gasteiger partial charge in [-0.15, -0.1) is 0 Å². The van der Waals surface area contributed by atoms with Gasteiger partial charge in [0.1, 0.15) is 0 Å². The summed E-state index contributed by atoms with van der Waals surface area (Å²) in [6.45, 7) is 10.1. The van der Waals surface area contributed by atoms with Gasteiger partial charge in [0.05, 0.1) is 10.9 Å². The molecule has 0 aromatic heterocycles. The molecule has 2 aliphatic heterocycles. The first-order valence-electron chi connectivity index (χ1n) is 11.4. The highest BCUT2D eigenvalue weighted by atomic mass is 32.2. The number of carbonyl (C=O) groups is 1. The molecule has 4 rings (SSSR count). The van der Waals surface area contributed by atoms with Crippen LogP contribution in [0.5, 0.6) is 0 Å². The first-order chi connectivity index (χ1) is 14.3. The number of amides is 1. The number of nitrogens with zero attached hydrogens (tertiary/aromatic N) is 3. The number of aryl methyl sites for hydroxylation is 2. The van der Waals surface area contributed by atoms with Crippen LogP contribution in [0.1, 0.15) is 44.7 Å². The molecule has 3 atom stereocenters. The van der Waals surface area contributed by atoms with Gasteiger partial charge in [0.15, 0.2) is 0 Å². The summed E-state index contributed by atoms with van der Waals surface area (Å²) in [7, 11) is -3.48. The van der Waals surface area contributed by atoms with Crippen LogP contribution < -0.4 is 0 Å². The van der Waals surface area contributed by atoms with Crippen molar-refractivity contribution in [2.24, 2.45) is 11.8 Å². The quantitative estimate of drug-likeness (QED) is 0.732. The molecular formula is C23H35N3O3S. The topological polar surface area (TPSA) is 60.9 Å². The molecule has 0 bridgehead atoms. The third-order valence-electron chi connectivity index (χ3n) is 7.07. The average Bonchev–Trinajstić information content (AvgIpc) is 3.20. The molecule has 1 amide bonds. The summed E-state index contributed by atoms with van der Waals surface area (Å²) in [5.41, 5.74) is 2.46. The number of piperidine rings is 1. The molecule has 7 heteroatoms. The Morgan fingerprint density at radius 1 is 1.00 bits per heavy atom. The maximum absolute atomic E-state index is 13.1. The zero-order chi connectivity index (χ0) is 21.5. The first kappa shape index (κ1) is 21.8. The SMILES string of the molecule is C[C@@H]1C[C@H](C)CN(C(=O)[C@@H](C)N2CCN(S(=O)(=O)c3ccc4c(c3)CCC4)CC2)C1. The van der Waals surface area contributed by atoms with Crippen LogP contribution in [0.2, 0.25) is 0 Å². The van der Waals surface area contributed by atoms with E-state index in [9.17, 15) is 13.2 Å². The van der Waals surface area contributed by atoms with Gasteiger partial charge < -0.3 is 4.90 Å². The minimum atomic E-state index is -3.48. The maximum atomic E-state index is 13.1. The Kier molecular flexibility index (Phi) is 6.24. The summed E-state index contributed by atoms with van der Waals surface area (Å²) in [5, 5.41) is 0. The molecule has 166 valence electrons. The van der Waals surface area contributed by atoms with Crippen molar-refractivity contribution in [3.8, 4) is 0 Å². The van der Waals surface area contributed by atoms with E-state index < -0.39 is 10.0 Å². The number of sulfonamides is 1. The van der Waals surface area contributed by atoms with Crippen LogP contribution in [0, 0.1) is 11.8 Å². The van der Waals surface area contributed by atoms with E-state index in [2.05, 4.69) is 18.7 Å². The van der Waals surface area contributed by atoms with Crippen molar-refractivity contribution >= 4 is 15.9 Å². The number of hydrogen-bond acceptors (Lipinski definition) is 4. The molecule has 2 heterocycles. The Labute approximate surface area is 181 Å². The van der Waals surface area contributed by atoms with Gasteiger partial charge in [-0.3, -0.25) is 9.69 Å². The van der Waals surface area contributed by atoms with Crippen molar-refractivity contribution in [3.63, 3.8) is 0 Å². The molecule has 0 N–H and O–H groups in total. The second-order valence-electron chi connectivity index (χ2n) is 9.59. The van der Waals surface area contributed by atoms with E-state index in [-0.39, 0.29) is 11.9 Å². The second-order valence-corrected chi connectivity index (χ2v) is 11.5. The third-order valence-corrected chi connectivity index (χ3v) is 8.96. The number of hydrogen-bond donors (Lipinski definition) is 0.